The van der Waals surface area contributed by atoms with Crippen LogP contribution in [0.25, 0.3) is 0 Å². The number of ketones is 1. The number of hydrogen-bond acceptors (Lipinski definition) is 7. The predicted molar refractivity (Wildman–Crippen MR) is 117 cm³/mol. The van der Waals surface area contributed by atoms with Gasteiger partial charge in [0, 0.05) is 18.8 Å². The highest BCUT2D eigenvalue weighted by molar-refractivity contribution is 8.01. The summed E-state index contributed by atoms with van der Waals surface area (Å²) in [6.45, 7) is 1.80. The number of carbonyl (C=O) groups is 2. The van der Waals surface area contributed by atoms with Crippen molar-refractivity contribution >= 4 is 35.3 Å². The maximum Gasteiger partial charge on any atom is 0.313 e. The molecule has 0 radical (unpaired) electrons. The summed E-state index contributed by atoms with van der Waals surface area (Å²) in [7, 11) is 0. The minimum atomic E-state index is -0.831. The number of carboxylic acids is 1. The molecule has 8 heteroatoms. The molecule has 0 saturated heterocycles. The minimum Gasteiger partial charge on any atom is -0.508 e. The second kappa shape index (κ2) is 11.6. The Morgan fingerprint density at radius 1 is 1.34 bits per heavy atom. The number of aliphatic carboxylic acids is 1. The van der Waals surface area contributed by atoms with E-state index in [1.165, 1.54) is 23.5 Å². The fraction of sp³-hybridized carbons (Fsp3) is 0.524. The molecule has 3 unspecified atom stereocenters. The highest BCUT2D eigenvalue weighted by Crippen LogP contribution is 2.34. The van der Waals surface area contributed by atoms with Crippen LogP contribution in [0.5, 0.6) is 5.75 Å². The van der Waals surface area contributed by atoms with E-state index in [4.69, 9.17) is 5.11 Å². The molecule has 6 nitrogen and oxygen atoms in total. The average Bonchev–Trinajstić information content (AvgIpc) is 2.92. The molecular weight excluding hydrogens is 412 g/mol. The fourth-order valence-corrected chi connectivity index (χ4v) is 5.44. The van der Waals surface area contributed by atoms with Crippen LogP contribution in [0.4, 0.5) is 0 Å². The third-order valence-corrected chi connectivity index (χ3v) is 7.23. The molecular formula is C21H28O6S2. The van der Waals surface area contributed by atoms with Gasteiger partial charge in [-0.15, -0.1) is 11.8 Å². The first-order valence-corrected chi connectivity index (χ1v) is 11.7. The van der Waals surface area contributed by atoms with Crippen LogP contribution in [0.15, 0.2) is 30.4 Å². The molecule has 1 saturated carbocycles. The third kappa shape index (κ3) is 7.70. The fourth-order valence-electron chi connectivity index (χ4n) is 3.25. The topological polar surface area (TPSA) is 115 Å². The quantitative estimate of drug-likeness (QED) is 0.306. The van der Waals surface area contributed by atoms with Crippen LogP contribution in [0.2, 0.25) is 0 Å². The first-order valence-electron chi connectivity index (χ1n) is 9.54. The van der Waals surface area contributed by atoms with E-state index in [-0.39, 0.29) is 34.9 Å². The Labute approximate surface area is 179 Å². The minimum absolute atomic E-state index is 0.0130. The standard InChI is InChI=1S/C21H28O6S2/c1-13-9-14(3-6-17(13)23)10-15(22)4-5-16-18(24)11-19(25)21(16)29-8-2-7-28-12-20(26)27/h3-6,9,15-16,18,21-24H,2,7-8,10-12H2,1H3,(H,26,27)/t15?,16-,18?,21?/m0/s1. The molecule has 0 spiro atoms. The van der Waals surface area contributed by atoms with Crippen LogP contribution in [0, 0.1) is 12.8 Å². The van der Waals surface area contributed by atoms with Crippen molar-refractivity contribution in [1.29, 1.82) is 0 Å². The van der Waals surface area contributed by atoms with Crippen molar-refractivity contribution in [2.45, 2.75) is 43.6 Å². The van der Waals surface area contributed by atoms with E-state index in [0.717, 1.165) is 23.3 Å². The lowest BCUT2D eigenvalue weighted by Gasteiger charge is -2.17. The SMILES string of the molecule is Cc1cc(CC(O)C=C[C@H]2C(O)CC(=O)C2SCCCSCC(=O)O)ccc1O. The number of carboxylic acid groups (broad SMARTS) is 1. The number of rotatable bonds is 11. The summed E-state index contributed by atoms with van der Waals surface area (Å²) in [5.41, 5.74) is 1.64. The molecule has 0 heterocycles. The molecule has 0 bridgehead atoms. The van der Waals surface area contributed by atoms with Crippen molar-refractivity contribution in [2.24, 2.45) is 5.92 Å². The first-order chi connectivity index (χ1) is 13.8. The number of phenolic OH excluding ortho intramolecular Hbond substituents is 1. The Morgan fingerprint density at radius 2 is 2.10 bits per heavy atom. The molecule has 0 aromatic heterocycles. The Bertz CT molecular complexity index is 736. The van der Waals surface area contributed by atoms with E-state index in [2.05, 4.69) is 0 Å². The van der Waals surface area contributed by atoms with Gasteiger partial charge >= 0.3 is 5.97 Å². The van der Waals surface area contributed by atoms with E-state index in [9.17, 15) is 24.9 Å². The van der Waals surface area contributed by atoms with Crippen LogP contribution in [-0.2, 0) is 16.0 Å². The smallest absolute Gasteiger partial charge is 0.313 e. The summed E-state index contributed by atoms with van der Waals surface area (Å²) < 4.78 is 0. The predicted octanol–water partition coefficient (Wildman–Crippen LogP) is 2.42. The molecule has 1 fully saturated rings. The molecule has 2 rings (SSSR count). The lowest BCUT2D eigenvalue weighted by atomic mass is 10.0. The number of thioether (sulfide) groups is 2. The molecule has 29 heavy (non-hydrogen) atoms. The van der Waals surface area contributed by atoms with Gasteiger partial charge in [-0.1, -0.05) is 24.3 Å². The summed E-state index contributed by atoms with van der Waals surface area (Å²) in [6, 6.07) is 5.18. The van der Waals surface area contributed by atoms with Crippen molar-refractivity contribution in [3.63, 3.8) is 0 Å². The molecule has 1 aliphatic carbocycles. The van der Waals surface area contributed by atoms with Crippen molar-refractivity contribution in [3.05, 3.63) is 41.5 Å². The van der Waals surface area contributed by atoms with Crippen LogP contribution in [-0.4, -0.2) is 66.9 Å². The lowest BCUT2D eigenvalue weighted by Crippen LogP contribution is -2.22. The third-order valence-electron chi connectivity index (χ3n) is 4.74. The summed E-state index contributed by atoms with van der Waals surface area (Å²) in [4.78, 5) is 22.7. The number of aliphatic hydroxyl groups excluding tert-OH is 2. The Hall–Kier alpha value is -1.48. The number of carbonyl (C=O) groups excluding carboxylic acids is 1. The first kappa shape index (κ1) is 23.8. The Kier molecular flexibility index (Phi) is 9.55. The van der Waals surface area contributed by atoms with Gasteiger partial charge in [-0.05, 0) is 42.0 Å². The number of aliphatic hydroxyl groups is 2. The molecule has 1 aromatic rings. The number of aryl methyl sites for hydroxylation is 1. The molecule has 0 aliphatic heterocycles. The van der Waals surface area contributed by atoms with Gasteiger partial charge in [0.15, 0.2) is 0 Å². The van der Waals surface area contributed by atoms with Crippen molar-refractivity contribution in [3.8, 4) is 5.75 Å². The van der Waals surface area contributed by atoms with Gasteiger partial charge in [0.05, 0.1) is 23.2 Å². The maximum absolute atomic E-state index is 12.2. The highest BCUT2D eigenvalue weighted by atomic mass is 32.2. The van der Waals surface area contributed by atoms with Gasteiger partial charge in [-0.3, -0.25) is 9.59 Å². The zero-order chi connectivity index (χ0) is 21.4. The number of hydrogen-bond donors (Lipinski definition) is 4. The van der Waals surface area contributed by atoms with E-state index >= 15 is 0 Å². The van der Waals surface area contributed by atoms with Crippen LogP contribution in [0.1, 0.15) is 24.0 Å². The van der Waals surface area contributed by atoms with Gasteiger partial charge in [0.25, 0.3) is 0 Å². The van der Waals surface area contributed by atoms with Gasteiger partial charge in [-0.25, -0.2) is 0 Å². The van der Waals surface area contributed by atoms with Gasteiger partial charge in [0.1, 0.15) is 11.5 Å². The van der Waals surface area contributed by atoms with Gasteiger partial charge in [-0.2, -0.15) is 11.8 Å². The van der Waals surface area contributed by atoms with E-state index in [1.54, 1.807) is 31.2 Å². The lowest BCUT2D eigenvalue weighted by molar-refractivity contribution is -0.133. The average molecular weight is 441 g/mol. The van der Waals surface area contributed by atoms with Crippen LogP contribution in [0.3, 0.4) is 0 Å². The maximum atomic E-state index is 12.2. The van der Waals surface area contributed by atoms with E-state index in [1.807, 2.05) is 6.07 Å². The Balaban J connectivity index is 1.85. The summed E-state index contributed by atoms with van der Waals surface area (Å²) >= 11 is 2.84. The summed E-state index contributed by atoms with van der Waals surface area (Å²) in [6.07, 6.45) is 3.17. The number of aromatic hydroxyl groups is 1. The normalized spacial score (nSPS) is 23.0. The van der Waals surface area contributed by atoms with Crippen molar-refractivity contribution in [1.82, 2.24) is 0 Å². The number of benzene rings is 1. The van der Waals surface area contributed by atoms with E-state index in [0.29, 0.717) is 12.2 Å². The summed E-state index contributed by atoms with van der Waals surface area (Å²) in [5.74, 6) is 0.573. The second-order valence-electron chi connectivity index (χ2n) is 7.18. The van der Waals surface area contributed by atoms with Gasteiger partial charge in [0.2, 0.25) is 0 Å². The van der Waals surface area contributed by atoms with Crippen molar-refractivity contribution < 1.29 is 30.0 Å². The molecule has 1 aromatic carbocycles. The highest BCUT2D eigenvalue weighted by Gasteiger charge is 2.40. The van der Waals surface area contributed by atoms with Crippen LogP contribution >= 0.6 is 23.5 Å². The van der Waals surface area contributed by atoms with Crippen molar-refractivity contribution in [2.75, 3.05) is 17.3 Å². The number of phenols is 1. The molecule has 4 atom stereocenters. The molecule has 0 amide bonds. The zero-order valence-corrected chi connectivity index (χ0v) is 18.0. The monoisotopic (exact) mass is 440 g/mol. The van der Waals surface area contributed by atoms with E-state index < -0.39 is 18.2 Å². The molecule has 160 valence electrons. The molecule has 1 aliphatic rings. The summed E-state index contributed by atoms with van der Waals surface area (Å²) in [5, 5.41) is 38.4. The Morgan fingerprint density at radius 3 is 2.79 bits per heavy atom. The molecule has 4 N–H and O–H groups in total. The largest absolute Gasteiger partial charge is 0.508 e. The van der Waals surface area contributed by atoms with Crippen LogP contribution < -0.4 is 0 Å². The van der Waals surface area contributed by atoms with Gasteiger partial charge < -0.3 is 20.4 Å². The second-order valence-corrected chi connectivity index (χ2v) is 9.54. The zero-order valence-electron chi connectivity index (χ0n) is 16.4. The number of Topliss-reactive ketones (excluding diaryl/α,β-unsaturated/α-hetero) is 1.